The number of likely N-dealkylation sites (tertiary alicyclic amines) is 1. The van der Waals surface area contributed by atoms with E-state index in [0.29, 0.717) is 5.41 Å². The standard InChI is InChI=1S/C13H21NO/c1-3-11-5-7-13(8-6-11)9-14(10-13)12(15)4-2/h4,11H,2-3,5-10H2,1H3. The molecule has 0 radical (unpaired) electrons. The molecule has 1 spiro atoms. The average Bonchev–Trinajstić information content (AvgIpc) is 2.25. The zero-order valence-corrected chi connectivity index (χ0v) is 9.67. The lowest BCUT2D eigenvalue weighted by atomic mass is 9.65. The number of nitrogens with zero attached hydrogens (tertiary/aromatic N) is 1. The fourth-order valence-electron chi connectivity index (χ4n) is 3.06. The molecule has 1 heterocycles. The molecule has 15 heavy (non-hydrogen) atoms. The van der Waals surface area contributed by atoms with Crippen molar-refractivity contribution in [3.05, 3.63) is 12.7 Å². The summed E-state index contributed by atoms with van der Waals surface area (Å²) in [6, 6.07) is 0. The number of carbonyl (C=O) groups is 1. The van der Waals surface area contributed by atoms with Crippen LogP contribution in [0.4, 0.5) is 0 Å². The SMILES string of the molecule is C=CC(=O)N1CC2(CCC(CC)CC2)C1. The number of hydrogen-bond donors (Lipinski definition) is 0. The van der Waals surface area contributed by atoms with Crippen LogP contribution in [0.25, 0.3) is 0 Å². The molecule has 0 N–H and O–H groups in total. The molecular weight excluding hydrogens is 186 g/mol. The molecule has 2 heteroatoms. The smallest absolute Gasteiger partial charge is 0.245 e. The molecular formula is C13H21NO. The summed E-state index contributed by atoms with van der Waals surface area (Å²) < 4.78 is 0. The molecule has 0 unspecified atom stereocenters. The van der Waals surface area contributed by atoms with Crippen LogP contribution in [0.3, 0.4) is 0 Å². The van der Waals surface area contributed by atoms with E-state index in [-0.39, 0.29) is 5.91 Å². The van der Waals surface area contributed by atoms with E-state index in [1.165, 1.54) is 38.2 Å². The lowest BCUT2D eigenvalue weighted by Gasteiger charge is -2.53. The van der Waals surface area contributed by atoms with Crippen molar-refractivity contribution in [3.63, 3.8) is 0 Å². The highest BCUT2D eigenvalue weighted by molar-refractivity contribution is 5.87. The molecule has 0 atom stereocenters. The van der Waals surface area contributed by atoms with Crippen LogP contribution < -0.4 is 0 Å². The Balaban J connectivity index is 1.83. The number of carbonyl (C=O) groups excluding carboxylic acids is 1. The molecule has 0 bridgehead atoms. The van der Waals surface area contributed by atoms with E-state index < -0.39 is 0 Å². The molecule has 2 nitrogen and oxygen atoms in total. The normalized spacial score (nSPS) is 25.0. The van der Waals surface area contributed by atoms with Crippen molar-refractivity contribution in [1.29, 1.82) is 0 Å². The summed E-state index contributed by atoms with van der Waals surface area (Å²) >= 11 is 0. The van der Waals surface area contributed by atoms with Gasteiger partial charge < -0.3 is 4.90 Å². The molecule has 2 fully saturated rings. The lowest BCUT2D eigenvalue weighted by molar-refractivity contribution is -0.140. The molecule has 1 saturated heterocycles. The van der Waals surface area contributed by atoms with Crippen molar-refractivity contribution >= 4 is 5.91 Å². The van der Waals surface area contributed by atoms with Gasteiger partial charge in [-0.3, -0.25) is 4.79 Å². The first-order valence-electron chi connectivity index (χ1n) is 6.10. The van der Waals surface area contributed by atoms with Crippen LogP contribution in [0.2, 0.25) is 0 Å². The minimum absolute atomic E-state index is 0.109. The Morgan fingerprint density at radius 1 is 1.47 bits per heavy atom. The van der Waals surface area contributed by atoms with Crippen molar-refractivity contribution in [1.82, 2.24) is 4.90 Å². The zero-order valence-electron chi connectivity index (χ0n) is 9.67. The second-order valence-corrected chi connectivity index (χ2v) is 5.25. The quantitative estimate of drug-likeness (QED) is 0.637. The first-order chi connectivity index (χ1) is 7.19. The third kappa shape index (κ3) is 1.95. The van der Waals surface area contributed by atoms with E-state index in [0.717, 1.165) is 19.0 Å². The number of rotatable bonds is 2. The van der Waals surface area contributed by atoms with Crippen molar-refractivity contribution in [3.8, 4) is 0 Å². The van der Waals surface area contributed by atoms with Crippen LogP contribution in [-0.2, 0) is 4.79 Å². The van der Waals surface area contributed by atoms with E-state index in [9.17, 15) is 4.79 Å². The second-order valence-electron chi connectivity index (χ2n) is 5.25. The maximum absolute atomic E-state index is 11.3. The summed E-state index contributed by atoms with van der Waals surface area (Å²) in [5.41, 5.74) is 0.490. The van der Waals surface area contributed by atoms with Gasteiger partial charge in [-0.15, -0.1) is 0 Å². The summed E-state index contributed by atoms with van der Waals surface area (Å²) in [5, 5.41) is 0. The van der Waals surface area contributed by atoms with Gasteiger partial charge in [-0.25, -0.2) is 0 Å². The van der Waals surface area contributed by atoms with Crippen molar-refractivity contribution in [2.24, 2.45) is 11.3 Å². The highest BCUT2D eigenvalue weighted by Crippen LogP contribution is 2.46. The maximum Gasteiger partial charge on any atom is 0.245 e. The molecule has 2 rings (SSSR count). The van der Waals surface area contributed by atoms with Gasteiger partial charge in [-0.2, -0.15) is 0 Å². The highest BCUT2D eigenvalue weighted by Gasteiger charge is 2.45. The Labute approximate surface area is 92.3 Å². The van der Waals surface area contributed by atoms with E-state index in [1.807, 2.05) is 4.90 Å². The summed E-state index contributed by atoms with van der Waals surface area (Å²) in [5.74, 6) is 1.05. The van der Waals surface area contributed by atoms with Crippen LogP contribution >= 0.6 is 0 Å². The summed E-state index contributed by atoms with van der Waals surface area (Å²) in [6.45, 7) is 7.78. The van der Waals surface area contributed by atoms with Gasteiger partial charge in [-0.1, -0.05) is 19.9 Å². The molecule has 0 aromatic rings. The minimum atomic E-state index is 0.109. The van der Waals surface area contributed by atoms with Crippen molar-refractivity contribution in [2.75, 3.05) is 13.1 Å². The van der Waals surface area contributed by atoms with Crippen LogP contribution in [-0.4, -0.2) is 23.9 Å². The second kappa shape index (κ2) is 3.99. The van der Waals surface area contributed by atoms with Crippen LogP contribution in [0, 0.1) is 11.3 Å². The lowest BCUT2D eigenvalue weighted by Crippen LogP contribution is -2.59. The summed E-state index contributed by atoms with van der Waals surface area (Å²) in [7, 11) is 0. The molecule has 84 valence electrons. The summed E-state index contributed by atoms with van der Waals surface area (Å²) in [4.78, 5) is 13.3. The largest absolute Gasteiger partial charge is 0.338 e. The van der Waals surface area contributed by atoms with E-state index in [1.54, 1.807) is 0 Å². The van der Waals surface area contributed by atoms with Crippen molar-refractivity contribution in [2.45, 2.75) is 39.0 Å². The molecule has 1 amide bonds. The topological polar surface area (TPSA) is 20.3 Å². The van der Waals surface area contributed by atoms with E-state index >= 15 is 0 Å². The summed E-state index contributed by atoms with van der Waals surface area (Å²) in [6.07, 6.45) is 8.15. The average molecular weight is 207 g/mol. The number of amides is 1. The van der Waals surface area contributed by atoms with Gasteiger partial charge in [0.2, 0.25) is 5.91 Å². The van der Waals surface area contributed by atoms with Gasteiger partial charge in [0.05, 0.1) is 0 Å². The van der Waals surface area contributed by atoms with Gasteiger partial charge >= 0.3 is 0 Å². The highest BCUT2D eigenvalue weighted by atomic mass is 16.2. The van der Waals surface area contributed by atoms with E-state index in [2.05, 4.69) is 13.5 Å². The molecule has 1 saturated carbocycles. The van der Waals surface area contributed by atoms with Crippen LogP contribution in [0.1, 0.15) is 39.0 Å². The molecule has 1 aliphatic carbocycles. The zero-order chi connectivity index (χ0) is 10.9. The molecule has 2 aliphatic rings. The third-order valence-corrected chi connectivity index (χ3v) is 4.28. The molecule has 1 aliphatic heterocycles. The fraction of sp³-hybridized carbons (Fsp3) is 0.769. The molecule has 0 aromatic heterocycles. The first-order valence-corrected chi connectivity index (χ1v) is 6.10. The van der Waals surface area contributed by atoms with Gasteiger partial charge in [0.1, 0.15) is 0 Å². The van der Waals surface area contributed by atoms with Gasteiger partial charge in [-0.05, 0) is 37.7 Å². The first kappa shape index (κ1) is 10.7. The van der Waals surface area contributed by atoms with Crippen LogP contribution in [0.15, 0.2) is 12.7 Å². The monoisotopic (exact) mass is 207 g/mol. The Bertz CT molecular complexity index is 256. The van der Waals surface area contributed by atoms with E-state index in [4.69, 9.17) is 0 Å². The Kier molecular flexibility index (Phi) is 2.85. The van der Waals surface area contributed by atoms with Crippen molar-refractivity contribution < 1.29 is 4.79 Å². The molecule has 0 aromatic carbocycles. The minimum Gasteiger partial charge on any atom is -0.338 e. The van der Waals surface area contributed by atoms with Crippen LogP contribution in [0.5, 0.6) is 0 Å². The Morgan fingerprint density at radius 3 is 2.53 bits per heavy atom. The fourth-order valence-corrected chi connectivity index (χ4v) is 3.06. The Hall–Kier alpha value is -0.790. The Morgan fingerprint density at radius 2 is 2.07 bits per heavy atom. The van der Waals surface area contributed by atoms with Gasteiger partial charge in [0, 0.05) is 18.5 Å². The maximum atomic E-state index is 11.3. The number of hydrogen-bond acceptors (Lipinski definition) is 1. The van der Waals surface area contributed by atoms with Gasteiger partial charge in [0.25, 0.3) is 0 Å². The third-order valence-electron chi connectivity index (χ3n) is 4.28. The predicted molar refractivity (Wildman–Crippen MR) is 61.5 cm³/mol. The predicted octanol–water partition coefficient (Wildman–Crippen LogP) is 2.60. The van der Waals surface area contributed by atoms with Gasteiger partial charge in [0.15, 0.2) is 0 Å².